The fourth-order valence-corrected chi connectivity index (χ4v) is 3.67. The first-order valence-electron chi connectivity index (χ1n) is 7.00. The highest BCUT2D eigenvalue weighted by molar-refractivity contribution is 7.18. The Morgan fingerprint density at radius 1 is 1.30 bits per heavy atom. The minimum atomic E-state index is 0.164. The second kappa shape index (κ2) is 4.60. The molecule has 108 valence electrons. The van der Waals surface area contributed by atoms with Crippen molar-refractivity contribution < 1.29 is 0 Å². The van der Waals surface area contributed by atoms with Gasteiger partial charge in [0, 0.05) is 25.2 Å². The maximum Gasteiger partial charge on any atom is 0.0907 e. The molecule has 1 fully saturated rings. The van der Waals surface area contributed by atoms with Crippen LogP contribution in [0.3, 0.4) is 0 Å². The second-order valence-electron chi connectivity index (χ2n) is 6.27. The van der Waals surface area contributed by atoms with Crippen molar-refractivity contribution >= 4 is 32.9 Å². The van der Waals surface area contributed by atoms with Crippen molar-refractivity contribution in [3.8, 4) is 0 Å². The minimum Gasteiger partial charge on any atom is -0.397 e. The molecule has 1 aromatic carbocycles. The molecule has 0 amide bonds. The molecule has 1 aromatic heterocycles. The smallest absolute Gasteiger partial charge is 0.0907 e. The Hall–Kier alpha value is -1.33. The predicted octanol–water partition coefficient (Wildman–Crippen LogP) is 2.72. The number of rotatable bonds is 1. The van der Waals surface area contributed by atoms with Crippen molar-refractivity contribution in [3.05, 3.63) is 17.1 Å². The van der Waals surface area contributed by atoms with Crippen LogP contribution in [0.2, 0.25) is 0 Å². The van der Waals surface area contributed by atoms with Crippen LogP contribution in [0.5, 0.6) is 0 Å². The molecule has 0 spiro atoms. The van der Waals surface area contributed by atoms with E-state index >= 15 is 0 Å². The quantitative estimate of drug-likeness (QED) is 0.820. The third kappa shape index (κ3) is 2.25. The number of hydrogen-bond acceptors (Lipinski definition) is 5. The molecule has 0 unspecified atom stereocenters. The van der Waals surface area contributed by atoms with Crippen molar-refractivity contribution in [2.24, 2.45) is 0 Å². The molecule has 20 heavy (non-hydrogen) atoms. The molecule has 0 aliphatic carbocycles. The summed E-state index contributed by atoms with van der Waals surface area (Å²) in [5.41, 5.74) is 9.49. The number of benzene rings is 1. The molecule has 2 N–H and O–H groups in total. The van der Waals surface area contributed by atoms with Crippen LogP contribution in [-0.2, 0) is 0 Å². The van der Waals surface area contributed by atoms with Gasteiger partial charge in [-0.1, -0.05) is 0 Å². The molecule has 1 aliphatic heterocycles. The van der Waals surface area contributed by atoms with Gasteiger partial charge in [0.1, 0.15) is 0 Å². The van der Waals surface area contributed by atoms with E-state index in [0.717, 1.165) is 41.5 Å². The van der Waals surface area contributed by atoms with Crippen LogP contribution in [-0.4, -0.2) is 42.1 Å². The summed E-state index contributed by atoms with van der Waals surface area (Å²) in [5.74, 6) is 0. The standard InChI is InChI=1S/C15H22N4S/c1-10-17-12-8-13(11(16)7-14(12)20-10)19-6-5-18(4)15(2,3)9-19/h7-8H,5-6,9,16H2,1-4H3. The summed E-state index contributed by atoms with van der Waals surface area (Å²) >= 11 is 1.70. The van der Waals surface area contributed by atoms with E-state index in [1.807, 2.05) is 6.92 Å². The van der Waals surface area contributed by atoms with Crippen LogP contribution in [0.25, 0.3) is 10.2 Å². The van der Waals surface area contributed by atoms with Gasteiger partial charge in [-0.3, -0.25) is 4.90 Å². The van der Waals surface area contributed by atoms with E-state index in [4.69, 9.17) is 5.73 Å². The second-order valence-corrected chi connectivity index (χ2v) is 7.50. The zero-order chi connectivity index (χ0) is 14.5. The van der Waals surface area contributed by atoms with Crippen LogP contribution in [0.4, 0.5) is 11.4 Å². The lowest BCUT2D eigenvalue weighted by atomic mass is 9.99. The van der Waals surface area contributed by atoms with Crippen LogP contribution < -0.4 is 10.6 Å². The lowest BCUT2D eigenvalue weighted by Crippen LogP contribution is -2.57. The number of fused-ring (bicyclic) bond motifs is 1. The van der Waals surface area contributed by atoms with E-state index < -0.39 is 0 Å². The van der Waals surface area contributed by atoms with Crippen LogP contribution in [0, 0.1) is 6.92 Å². The molecule has 0 saturated carbocycles. The third-order valence-electron chi connectivity index (χ3n) is 4.30. The largest absolute Gasteiger partial charge is 0.397 e. The number of thiazole rings is 1. The van der Waals surface area contributed by atoms with Crippen molar-refractivity contribution in [1.29, 1.82) is 0 Å². The summed E-state index contributed by atoms with van der Waals surface area (Å²) in [5, 5.41) is 1.09. The predicted molar refractivity (Wildman–Crippen MR) is 87.7 cm³/mol. The average Bonchev–Trinajstić information content (AvgIpc) is 2.71. The van der Waals surface area contributed by atoms with Crippen molar-refractivity contribution in [2.45, 2.75) is 26.3 Å². The molecule has 2 heterocycles. The van der Waals surface area contributed by atoms with Gasteiger partial charge in [0.25, 0.3) is 0 Å². The van der Waals surface area contributed by atoms with Gasteiger partial charge in [0.2, 0.25) is 0 Å². The fourth-order valence-electron chi connectivity index (χ4n) is 2.81. The Labute approximate surface area is 124 Å². The molecule has 0 atom stereocenters. The Bertz CT molecular complexity index is 647. The lowest BCUT2D eigenvalue weighted by molar-refractivity contribution is 0.139. The Kier molecular flexibility index (Phi) is 3.14. The normalized spacial score (nSPS) is 19.7. The third-order valence-corrected chi connectivity index (χ3v) is 5.23. The molecular formula is C15H22N4S. The Morgan fingerprint density at radius 3 is 2.75 bits per heavy atom. The zero-order valence-electron chi connectivity index (χ0n) is 12.6. The molecule has 0 bridgehead atoms. The number of aryl methyl sites for hydroxylation is 1. The molecule has 5 heteroatoms. The monoisotopic (exact) mass is 290 g/mol. The lowest BCUT2D eigenvalue weighted by Gasteiger charge is -2.46. The van der Waals surface area contributed by atoms with Crippen molar-refractivity contribution in [1.82, 2.24) is 9.88 Å². The van der Waals surface area contributed by atoms with E-state index in [1.165, 1.54) is 4.70 Å². The van der Waals surface area contributed by atoms with Gasteiger partial charge in [0.05, 0.1) is 26.6 Å². The number of nitrogens with two attached hydrogens (primary N) is 1. The van der Waals surface area contributed by atoms with Gasteiger partial charge in [-0.15, -0.1) is 11.3 Å². The van der Waals surface area contributed by atoms with Gasteiger partial charge in [-0.25, -0.2) is 4.98 Å². The van der Waals surface area contributed by atoms with Gasteiger partial charge in [-0.05, 0) is 40.0 Å². The van der Waals surface area contributed by atoms with Gasteiger partial charge >= 0.3 is 0 Å². The molecule has 0 radical (unpaired) electrons. The molecule has 1 aliphatic rings. The molecular weight excluding hydrogens is 268 g/mol. The molecule has 3 rings (SSSR count). The molecule has 2 aromatic rings. The maximum atomic E-state index is 6.27. The summed E-state index contributed by atoms with van der Waals surface area (Å²) in [7, 11) is 2.19. The maximum absolute atomic E-state index is 6.27. The van der Waals surface area contributed by atoms with Crippen LogP contribution in [0.1, 0.15) is 18.9 Å². The van der Waals surface area contributed by atoms with E-state index in [2.05, 4.69) is 47.8 Å². The first kappa shape index (κ1) is 13.6. The Morgan fingerprint density at radius 2 is 2.05 bits per heavy atom. The van der Waals surface area contributed by atoms with Gasteiger partial charge in [-0.2, -0.15) is 0 Å². The van der Waals surface area contributed by atoms with Crippen LogP contribution >= 0.6 is 11.3 Å². The Balaban J connectivity index is 1.99. The molecule has 4 nitrogen and oxygen atoms in total. The number of nitrogens with zero attached hydrogens (tertiary/aromatic N) is 3. The highest BCUT2D eigenvalue weighted by Crippen LogP contribution is 2.34. The number of likely N-dealkylation sites (N-methyl/N-ethyl adjacent to an activating group) is 1. The highest BCUT2D eigenvalue weighted by Gasteiger charge is 2.31. The summed E-state index contributed by atoms with van der Waals surface area (Å²) in [6, 6.07) is 4.22. The van der Waals surface area contributed by atoms with E-state index in [9.17, 15) is 0 Å². The van der Waals surface area contributed by atoms with Crippen molar-refractivity contribution in [3.63, 3.8) is 0 Å². The van der Waals surface area contributed by atoms with Crippen molar-refractivity contribution in [2.75, 3.05) is 37.3 Å². The highest BCUT2D eigenvalue weighted by atomic mass is 32.1. The number of aromatic nitrogens is 1. The molecule has 1 saturated heterocycles. The minimum absolute atomic E-state index is 0.164. The summed E-state index contributed by atoms with van der Waals surface area (Å²) in [6.45, 7) is 9.66. The number of nitrogen functional groups attached to an aromatic ring is 1. The number of anilines is 2. The van der Waals surface area contributed by atoms with Gasteiger partial charge < -0.3 is 10.6 Å². The van der Waals surface area contributed by atoms with Gasteiger partial charge in [0.15, 0.2) is 0 Å². The van der Waals surface area contributed by atoms with Crippen LogP contribution in [0.15, 0.2) is 12.1 Å². The number of piperazine rings is 1. The summed E-state index contributed by atoms with van der Waals surface area (Å²) in [6.07, 6.45) is 0. The average molecular weight is 290 g/mol. The summed E-state index contributed by atoms with van der Waals surface area (Å²) < 4.78 is 1.18. The summed E-state index contributed by atoms with van der Waals surface area (Å²) in [4.78, 5) is 9.39. The topological polar surface area (TPSA) is 45.4 Å². The van der Waals surface area contributed by atoms with E-state index in [0.29, 0.717) is 0 Å². The van der Waals surface area contributed by atoms with E-state index in [-0.39, 0.29) is 5.54 Å². The SMILES string of the molecule is Cc1nc2cc(N3CCN(C)C(C)(C)C3)c(N)cc2s1. The zero-order valence-corrected chi connectivity index (χ0v) is 13.4. The van der Waals surface area contributed by atoms with E-state index in [1.54, 1.807) is 11.3 Å². The first-order valence-corrected chi connectivity index (χ1v) is 7.81. The fraction of sp³-hybridized carbons (Fsp3) is 0.533. The first-order chi connectivity index (χ1) is 9.37. The number of hydrogen-bond donors (Lipinski definition) is 1.